The fraction of sp³-hybridized carbons (Fsp3) is 0.684. The van der Waals surface area contributed by atoms with Gasteiger partial charge in [-0.05, 0) is 25.0 Å². The van der Waals surface area contributed by atoms with E-state index in [1.54, 1.807) is 0 Å². The number of nitrogens with one attached hydrogen (secondary N) is 1. The number of hydrogen-bond donors (Lipinski definition) is 2. The molecule has 0 bridgehead atoms. The quantitative estimate of drug-likeness (QED) is 0.786. The number of carbonyl (C=O) groups is 1. The van der Waals surface area contributed by atoms with Crippen LogP contribution < -0.4 is 10.2 Å². The van der Waals surface area contributed by atoms with E-state index in [0.717, 1.165) is 57.7 Å². The summed E-state index contributed by atoms with van der Waals surface area (Å²) in [6.45, 7) is 4.16. The molecule has 6 nitrogen and oxygen atoms in total. The number of anilines is 1. The van der Waals surface area contributed by atoms with Gasteiger partial charge in [0.05, 0.1) is 6.54 Å². The molecule has 2 fully saturated rings. The summed E-state index contributed by atoms with van der Waals surface area (Å²) in [6.07, 6.45) is 7.34. The van der Waals surface area contributed by atoms with E-state index < -0.39 is 0 Å². The Balaban J connectivity index is 1.44. The van der Waals surface area contributed by atoms with Gasteiger partial charge in [-0.25, -0.2) is 4.98 Å². The van der Waals surface area contributed by atoms with Gasteiger partial charge in [-0.3, -0.25) is 9.69 Å². The standard InChI is InChI=1S/C19H30N4O2/c24-15-16-6-2-1-3-7-17(16)21-19(25)14-22-10-12-23(13-11-22)18-8-4-5-9-20-18/h4-5,8-9,16-17,24H,1-3,6-7,10-15H2,(H,21,25). The van der Waals surface area contributed by atoms with Crippen LogP contribution in [0.25, 0.3) is 0 Å². The van der Waals surface area contributed by atoms with Crippen molar-refractivity contribution in [1.82, 2.24) is 15.2 Å². The van der Waals surface area contributed by atoms with Crippen LogP contribution in [0.15, 0.2) is 24.4 Å². The third-order valence-electron chi connectivity index (χ3n) is 5.45. The van der Waals surface area contributed by atoms with Gasteiger partial charge in [0, 0.05) is 50.9 Å². The maximum absolute atomic E-state index is 12.4. The molecule has 1 amide bonds. The molecule has 1 aliphatic heterocycles. The molecule has 0 radical (unpaired) electrons. The average molecular weight is 346 g/mol. The van der Waals surface area contributed by atoms with Crippen LogP contribution >= 0.6 is 0 Å². The number of aliphatic hydroxyl groups excluding tert-OH is 1. The molecule has 2 unspecified atom stereocenters. The number of pyridine rings is 1. The second-order valence-electron chi connectivity index (χ2n) is 7.21. The first-order valence-electron chi connectivity index (χ1n) is 9.55. The van der Waals surface area contributed by atoms with E-state index in [2.05, 4.69) is 20.1 Å². The van der Waals surface area contributed by atoms with E-state index in [1.807, 2.05) is 24.4 Å². The minimum atomic E-state index is 0.0941. The molecule has 2 N–H and O–H groups in total. The maximum atomic E-state index is 12.4. The highest BCUT2D eigenvalue weighted by Crippen LogP contribution is 2.23. The molecular formula is C19H30N4O2. The van der Waals surface area contributed by atoms with Crippen molar-refractivity contribution in [2.75, 3.05) is 44.2 Å². The molecule has 0 spiro atoms. The molecule has 1 aromatic heterocycles. The molecule has 1 aromatic rings. The van der Waals surface area contributed by atoms with Crippen molar-refractivity contribution >= 4 is 11.7 Å². The fourth-order valence-electron chi connectivity index (χ4n) is 3.92. The number of amides is 1. The van der Waals surface area contributed by atoms with Gasteiger partial charge in [0.25, 0.3) is 0 Å². The lowest BCUT2D eigenvalue weighted by Crippen LogP contribution is -2.51. The van der Waals surface area contributed by atoms with Gasteiger partial charge in [-0.1, -0.05) is 25.3 Å². The van der Waals surface area contributed by atoms with E-state index in [4.69, 9.17) is 0 Å². The third-order valence-corrected chi connectivity index (χ3v) is 5.45. The maximum Gasteiger partial charge on any atom is 0.234 e. The van der Waals surface area contributed by atoms with Crippen LogP contribution in [0.3, 0.4) is 0 Å². The zero-order valence-corrected chi connectivity index (χ0v) is 14.9. The van der Waals surface area contributed by atoms with Crippen molar-refractivity contribution in [2.45, 2.75) is 38.1 Å². The Bertz CT molecular complexity index is 531. The summed E-state index contributed by atoms with van der Waals surface area (Å²) < 4.78 is 0. The Hall–Kier alpha value is -1.66. The SMILES string of the molecule is O=C(CN1CCN(c2ccccn2)CC1)NC1CCCCCC1CO. The minimum absolute atomic E-state index is 0.0941. The molecule has 1 aliphatic carbocycles. The van der Waals surface area contributed by atoms with Crippen LogP contribution in [0.5, 0.6) is 0 Å². The minimum Gasteiger partial charge on any atom is -0.396 e. The van der Waals surface area contributed by atoms with Crippen LogP contribution in [0.1, 0.15) is 32.1 Å². The summed E-state index contributed by atoms with van der Waals surface area (Å²) in [5.41, 5.74) is 0. The summed E-state index contributed by atoms with van der Waals surface area (Å²) in [5, 5.41) is 12.8. The van der Waals surface area contributed by atoms with Crippen LogP contribution in [0.4, 0.5) is 5.82 Å². The van der Waals surface area contributed by atoms with Crippen molar-refractivity contribution in [3.63, 3.8) is 0 Å². The molecule has 0 aromatic carbocycles. The predicted octanol–water partition coefficient (Wildman–Crippen LogP) is 1.26. The average Bonchev–Trinajstić information content (AvgIpc) is 2.88. The summed E-state index contributed by atoms with van der Waals surface area (Å²) in [6, 6.07) is 6.10. The first-order chi connectivity index (χ1) is 12.3. The van der Waals surface area contributed by atoms with Gasteiger partial charge in [0.1, 0.15) is 5.82 Å². The highest BCUT2D eigenvalue weighted by Gasteiger charge is 2.26. The highest BCUT2D eigenvalue weighted by atomic mass is 16.3. The first-order valence-corrected chi connectivity index (χ1v) is 9.55. The number of aromatic nitrogens is 1. The molecule has 2 heterocycles. The smallest absolute Gasteiger partial charge is 0.234 e. The summed E-state index contributed by atoms with van der Waals surface area (Å²) in [5.74, 6) is 1.32. The second kappa shape index (κ2) is 9.15. The van der Waals surface area contributed by atoms with Crippen molar-refractivity contribution in [1.29, 1.82) is 0 Å². The van der Waals surface area contributed by atoms with Gasteiger partial charge < -0.3 is 15.3 Å². The van der Waals surface area contributed by atoms with E-state index in [1.165, 1.54) is 6.42 Å². The number of piperazine rings is 1. The zero-order chi connectivity index (χ0) is 17.5. The van der Waals surface area contributed by atoms with Gasteiger partial charge in [-0.15, -0.1) is 0 Å². The van der Waals surface area contributed by atoms with Gasteiger partial charge in [-0.2, -0.15) is 0 Å². The number of nitrogens with zero attached hydrogens (tertiary/aromatic N) is 3. The normalized spacial score (nSPS) is 25.4. The Morgan fingerprint density at radius 1 is 1.16 bits per heavy atom. The van der Waals surface area contributed by atoms with Crippen molar-refractivity contribution in [2.24, 2.45) is 5.92 Å². The van der Waals surface area contributed by atoms with E-state index in [0.29, 0.717) is 6.54 Å². The van der Waals surface area contributed by atoms with Crippen LogP contribution in [-0.4, -0.2) is 66.3 Å². The number of hydrogen-bond acceptors (Lipinski definition) is 5. The van der Waals surface area contributed by atoms with Crippen LogP contribution in [0.2, 0.25) is 0 Å². The lowest BCUT2D eigenvalue weighted by molar-refractivity contribution is -0.123. The fourth-order valence-corrected chi connectivity index (χ4v) is 3.92. The van der Waals surface area contributed by atoms with Crippen molar-refractivity contribution < 1.29 is 9.90 Å². The Kier molecular flexibility index (Phi) is 6.64. The predicted molar refractivity (Wildman–Crippen MR) is 98.5 cm³/mol. The lowest BCUT2D eigenvalue weighted by atomic mass is 9.95. The van der Waals surface area contributed by atoms with Crippen LogP contribution in [0, 0.1) is 5.92 Å². The third kappa shape index (κ3) is 5.16. The second-order valence-corrected chi connectivity index (χ2v) is 7.21. The van der Waals surface area contributed by atoms with Crippen LogP contribution in [-0.2, 0) is 4.79 Å². The molecule has 2 aliphatic rings. The summed E-state index contributed by atoms with van der Waals surface area (Å²) in [7, 11) is 0. The molecule has 3 rings (SSSR count). The molecule has 1 saturated carbocycles. The number of carbonyl (C=O) groups excluding carboxylic acids is 1. The van der Waals surface area contributed by atoms with Gasteiger partial charge >= 0.3 is 0 Å². The number of rotatable bonds is 5. The molecule has 2 atom stereocenters. The molecule has 6 heteroatoms. The molecular weight excluding hydrogens is 316 g/mol. The van der Waals surface area contributed by atoms with Gasteiger partial charge in [0.15, 0.2) is 0 Å². The first kappa shape index (κ1) is 18.1. The lowest BCUT2D eigenvalue weighted by Gasteiger charge is -2.35. The summed E-state index contributed by atoms with van der Waals surface area (Å²) >= 11 is 0. The Morgan fingerprint density at radius 3 is 2.68 bits per heavy atom. The summed E-state index contributed by atoms with van der Waals surface area (Å²) in [4.78, 5) is 21.3. The van der Waals surface area contributed by atoms with E-state index >= 15 is 0 Å². The largest absolute Gasteiger partial charge is 0.396 e. The van der Waals surface area contributed by atoms with E-state index in [-0.39, 0.29) is 24.5 Å². The molecule has 138 valence electrons. The Labute approximate surface area is 150 Å². The Morgan fingerprint density at radius 2 is 1.96 bits per heavy atom. The van der Waals surface area contributed by atoms with Crippen molar-refractivity contribution in [3.05, 3.63) is 24.4 Å². The van der Waals surface area contributed by atoms with Gasteiger partial charge in [0.2, 0.25) is 5.91 Å². The topological polar surface area (TPSA) is 68.7 Å². The molecule has 1 saturated heterocycles. The van der Waals surface area contributed by atoms with E-state index in [9.17, 15) is 9.90 Å². The zero-order valence-electron chi connectivity index (χ0n) is 14.9. The monoisotopic (exact) mass is 346 g/mol. The molecule has 25 heavy (non-hydrogen) atoms. The highest BCUT2D eigenvalue weighted by molar-refractivity contribution is 5.78. The van der Waals surface area contributed by atoms with Crippen molar-refractivity contribution in [3.8, 4) is 0 Å². The number of aliphatic hydroxyl groups is 1.